The Kier molecular flexibility index (Phi) is 5.32. The average molecular weight is 315 g/mol. The van der Waals surface area contributed by atoms with E-state index >= 15 is 0 Å². The zero-order valence-electron chi connectivity index (χ0n) is 12.1. The molecule has 118 valence electrons. The minimum Gasteiger partial charge on any atom is -0.329 e. The quantitative estimate of drug-likeness (QED) is 0.865. The molecular weight excluding hydrogens is 293 g/mol. The van der Waals surface area contributed by atoms with E-state index < -0.39 is 16.3 Å². The minimum atomic E-state index is -3.59. The summed E-state index contributed by atoms with van der Waals surface area (Å²) in [5, 5.41) is 0. The van der Waals surface area contributed by atoms with E-state index in [2.05, 4.69) is 4.72 Å². The average Bonchev–Trinajstić information content (AvgIpc) is 2.47. The summed E-state index contributed by atoms with van der Waals surface area (Å²) in [7, 11) is -3.59. The van der Waals surface area contributed by atoms with Crippen molar-refractivity contribution >= 4 is 10.2 Å². The van der Waals surface area contributed by atoms with E-state index in [9.17, 15) is 12.8 Å². The van der Waals surface area contributed by atoms with Gasteiger partial charge in [-0.25, -0.2) is 4.39 Å². The number of rotatable bonds is 5. The molecule has 0 aliphatic carbocycles. The van der Waals surface area contributed by atoms with Crippen LogP contribution in [0.2, 0.25) is 0 Å². The Hall–Kier alpha value is -1.02. The van der Waals surface area contributed by atoms with Crippen molar-refractivity contribution in [1.82, 2.24) is 9.03 Å². The molecule has 0 spiro atoms. The van der Waals surface area contributed by atoms with Crippen LogP contribution in [0.15, 0.2) is 24.3 Å². The number of hydrogen-bond acceptors (Lipinski definition) is 3. The van der Waals surface area contributed by atoms with Crippen LogP contribution in [0.25, 0.3) is 0 Å². The van der Waals surface area contributed by atoms with Gasteiger partial charge in [0.2, 0.25) is 0 Å². The lowest BCUT2D eigenvalue weighted by Crippen LogP contribution is -2.52. The molecule has 1 aliphatic rings. The number of nitrogens with one attached hydrogen (secondary N) is 1. The molecule has 5 nitrogen and oxygen atoms in total. The number of halogens is 1. The molecule has 0 saturated carbocycles. The van der Waals surface area contributed by atoms with Crippen LogP contribution in [0, 0.1) is 5.82 Å². The van der Waals surface area contributed by atoms with Crippen LogP contribution >= 0.6 is 0 Å². The zero-order chi connectivity index (χ0) is 15.5. The lowest BCUT2D eigenvalue weighted by molar-refractivity contribution is 0.253. The van der Waals surface area contributed by atoms with Gasteiger partial charge in [0.25, 0.3) is 10.2 Å². The maximum Gasteiger partial charge on any atom is 0.280 e. The predicted octanol–water partition coefficient (Wildman–Crippen LogP) is 1.53. The highest BCUT2D eigenvalue weighted by Gasteiger charge is 2.32. The van der Waals surface area contributed by atoms with Gasteiger partial charge in [-0.1, -0.05) is 18.6 Å². The molecule has 0 amide bonds. The Morgan fingerprint density at radius 2 is 2.05 bits per heavy atom. The summed E-state index contributed by atoms with van der Waals surface area (Å²) in [4.78, 5) is 0. The summed E-state index contributed by atoms with van der Waals surface area (Å²) in [6.07, 6.45) is 2.64. The molecule has 2 rings (SSSR count). The van der Waals surface area contributed by atoms with Crippen molar-refractivity contribution in [2.75, 3.05) is 13.1 Å². The number of benzene rings is 1. The standard InChI is InChI=1S/C14H22FN3O2S/c1-11(12-5-7-13(15)8-6-12)17-21(19,20)18-9-3-2-4-14(18)10-16/h5-8,11,14,17H,2-4,9-10,16H2,1H3. The largest absolute Gasteiger partial charge is 0.329 e. The van der Waals surface area contributed by atoms with Gasteiger partial charge >= 0.3 is 0 Å². The maximum atomic E-state index is 12.9. The van der Waals surface area contributed by atoms with Crippen LogP contribution in [0.5, 0.6) is 0 Å². The fraction of sp³-hybridized carbons (Fsp3) is 0.571. The number of hydrogen-bond donors (Lipinski definition) is 2. The van der Waals surface area contributed by atoms with E-state index in [1.807, 2.05) is 0 Å². The summed E-state index contributed by atoms with van der Waals surface area (Å²) >= 11 is 0. The maximum absolute atomic E-state index is 12.9. The normalized spacial score (nSPS) is 22.1. The number of piperidine rings is 1. The van der Waals surface area contributed by atoms with Crippen LogP contribution < -0.4 is 10.5 Å². The number of nitrogens with two attached hydrogens (primary N) is 1. The van der Waals surface area contributed by atoms with E-state index in [0.717, 1.165) is 24.8 Å². The fourth-order valence-corrected chi connectivity index (χ4v) is 4.31. The number of nitrogens with zero attached hydrogens (tertiary/aromatic N) is 1. The van der Waals surface area contributed by atoms with Gasteiger partial charge in [-0.05, 0) is 37.5 Å². The molecule has 1 aliphatic heterocycles. The van der Waals surface area contributed by atoms with Crippen LogP contribution in [-0.4, -0.2) is 31.9 Å². The SMILES string of the molecule is CC(NS(=O)(=O)N1CCCCC1CN)c1ccc(F)cc1. The van der Waals surface area contributed by atoms with Crippen LogP contribution in [0.4, 0.5) is 4.39 Å². The van der Waals surface area contributed by atoms with Crippen molar-refractivity contribution in [3.63, 3.8) is 0 Å². The van der Waals surface area contributed by atoms with Crippen molar-refractivity contribution < 1.29 is 12.8 Å². The predicted molar refractivity (Wildman–Crippen MR) is 80.3 cm³/mol. The van der Waals surface area contributed by atoms with E-state index in [0.29, 0.717) is 13.1 Å². The van der Waals surface area contributed by atoms with Gasteiger partial charge in [0.05, 0.1) is 0 Å². The third kappa shape index (κ3) is 4.00. The third-order valence-corrected chi connectivity index (χ3v) is 5.60. The first-order valence-electron chi connectivity index (χ1n) is 7.18. The molecule has 1 fully saturated rings. The lowest BCUT2D eigenvalue weighted by Gasteiger charge is -2.34. The summed E-state index contributed by atoms with van der Waals surface area (Å²) in [6, 6.07) is 5.25. The summed E-state index contributed by atoms with van der Waals surface area (Å²) in [6.45, 7) is 2.56. The lowest BCUT2D eigenvalue weighted by atomic mass is 10.1. The monoisotopic (exact) mass is 315 g/mol. The highest BCUT2D eigenvalue weighted by molar-refractivity contribution is 7.87. The first kappa shape index (κ1) is 16.4. The topological polar surface area (TPSA) is 75.4 Å². The van der Waals surface area contributed by atoms with Gasteiger partial charge in [-0.15, -0.1) is 0 Å². The Balaban J connectivity index is 2.10. The molecule has 0 aromatic heterocycles. The highest BCUT2D eigenvalue weighted by atomic mass is 32.2. The second-order valence-corrected chi connectivity index (χ2v) is 7.05. The van der Waals surface area contributed by atoms with Crippen molar-refractivity contribution in [1.29, 1.82) is 0 Å². The molecule has 1 aromatic rings. The first-order chi connectivity index (χ1) is 9.94. The zero-order valence-corrected chi connectivity index (χ0v) is 12.9. The van der Waals surface area contributed by atoms with Gasteiger partial charge in [0.15, 0.2) is 0 Å². The molecule has 3 N–H and O–H groups in total. The second kappa shape index (κ2) is 6.83. The summed E-state index contributed by atoms with van der Waals surface area (Å²) in [5.74, 6) is -0.340. The molecular formula is C14H22FN3O2S. The third-order valence-electron chi connectivity index (χ3n) is 3.85. The molecule has 2 unspecified atom stereocenters. The van der Waals surface area contributed by atoms with Crippen molar-refractivity contribution in [2.24, 2.45) is 5.73 Å². The molecule has 1 aromatic carbocycles. The highest BCUT2D eigenvalue weighted by Crippen LogP contribution is 2.21. The molecule has 7 heteroatoms. The smallest absolute Gasteiger partial charge is 0.280 e. The van der Waals surface area contributed by atoms with Crippen LogP contribution in [0.3, 0.4) is 0 Å². The van der Waals surface area contributed by atoms with Gasteiger partial charge in [0.1, 0.15) is 5.82 Å². The minimum absolute atomic E-state index is 0.142. The Labute approximate surface area is 125 Å². The van der Waals surface area contributed by atoms with Gasteiger partial charge in [-0.3, -0.25) is 0 Å². The summed E-state index contributed by atoms with van der Waals surface area (Å²) < 4.78 is 42.0. The molecule has 21 heavy (non-hydrogen) atoms. The van der Waals surface area contributed by atoms with E-state index in [-0.39, 0.29) is 11.9 Å². The molecule has 1 heterocycles. The van der Waals surface area contributed by atoms with Gasteiger partial charge < -0.3 is 5.73 Å². The van der Waals surface area contributed by atoms with E-state index in [1.165, 1.54) is 16.4 Å². The molecule has 2 atom stereocenters. The summed E-state index contributed by atoms with van der Waals surface area (Å²) in [5.41, 5.74) is 6.40. The Morgan fingerprint density at radius 1 is 1.38 bits per heavy atom. The van der Waals surface area contributed by atoms with Crippen molar-refractivity contribution in [3.05, 3.63) is 35.6 Å². The fourth-order valence-electron chi connectivity index (χ4n) is 2.64. The first-order valence-corrected chi connectivity index (χ1v) is 8.62. The molecule has 1 saturated heterocycles. The van der Waals surface area contributed by atoms with Crippen molar-refractivity contribution in [3.8, 4) is 0 Å². The van der Waals surface area contributed by atoms with Crippen LogP contribution in [-0.2, 0) is 10.2 Å². The van der Waals surface area contributed by atoms with Crippen LogP contribution in [0.1, 0.15) is 37.8 Å². The van der Waals surface area contributed by atoms with Crippen molar-refractivity contribution in [2.45, 2.75) is 38.3 Å². The van der Waals surface area contributed by atoms with Gasteiger partial charge in [0, 0.05) is 25.2 Å². The van der Waals surface area contributed by atoms with E-state index in [1.54, 1.807) is 19.1 Å². The second-order valence-electron chi connectivity index (χ2n) is 5.39. The molecule has 0 radical (unpaired) electrons. The van der Waals surface area contributed by atoms with E-state index in [4.69, 9.17) is 5.73 Å². The van der Waals surface area contributed by atoms with Gasteiger partial charge in [-0.2, -0.15) is 17.4 Å². The Bertz CT molecular complexity index is 562. The Morgan fingerprint density at radius 3 is 2.67 bits per heavy atom. The molecule has 0 bridgehead atoms.